The van der Waals surface area contributed by atoms with Gasteiger partial charge in [-0.05, 0) is 48.4 Å². The molecule has 1 aliphatic heterocycles. The summed E-state index contributed by atoms with van der Waals surface area (Å²) in [4.78, 5) is 4.13. The van der Waals surface area contributed by atoms with Gasteiger partial charge in [0.2, 0.25) is 0 Å². The highest BCUT2D eigenvalue weighted by Gasteiger charge is 2.42. The van der Waals surface area contributed by atoms with Crippen LogP contribution in [0.5, 0.6) is 5.75 Å². The molecular formula is C22H23BrCl2N2O3. The molecule has 160 valence electrons. The molecule has 0 N–H and O–H groups in total. The fourth-order valence-corrected chi connectivity index (χ4v) is 3.75. The van der Waals surface area contributed by atoms with Crippen LogP contribution >= 0.6 is 39.9 Å². The summed E-state index contributed by atoms with van der Waals surface area (Å²) in [5.41, 5.74) is 1.20. The third-order valence-electron chi connectivity index (χ3n) is 4.85. The van der Waals surface area contributed by atoms with Crippen LogP contribution in [0.4, 0.5) is 0 Å². The molecule has 5 nitrogen and oxygen atoms in total. The predicted molar refractivity (Wildman–Crippen MR) is 122 cm³/mol. The van der Waals surface area contributed by atoms with Crippen molar-refractivity contribution in [3.8, 4) is 5.75 Å². The van der Waals surface area contributed by atoms with E-state index in [-0.39, 0.29) is 18.5 Å². The second-order valence-corrected chi connectivity index (χ2v) is 8.44. The maximum absolute atomic E-state index is 6.38. The molecular weight excluding hydrogens is 491 g/mol. The molecule has 8 heteroatoms. The van der Waals surface area contributed by atoms with E-state index in [1.807, 2.05) is 59.3 Å². The summed E-state index contributed by atoms with van der Waals surface area (Å²) in [6.45, 7) is 1.51. The highest BCUT2D eigenvalue weighted by atomic mass is 79.9. The van der Waals surface area contributed by atoms with Gasteiger partial charge in [0.15, 0.2) is 5.79 Å². The molecule has 0 radical (unpaired) electrons. The number of hydrogen-bond donors (Lipinski definition) is 0. The first-order valence-corrected chi connectivity index (χ1v) is 10.7. The molecule has 0 bridgehead atoms. The molecule has 1 aromatic heterocycles. The van der Waals surface area contributed by atoms with Gasteiger partial charge in [0.25, 0.3) is 0 Å². The van der Waals surface area contributed by atoms with Crippen LogP contribution in [0.3, 0.4) is 0 Å². The zero-order valence-electron chi connectivity index (χ0n) is 16.2. The number of rotatable bonds is 8. The molecule has 1 aliphatic rings. The Bertz CT molecular complexity index is 907. The topological polar surface area (TPSA) is 45.5 Å². The number of halogens is 3. The van der Waals surface area contributed by atoms with Crippen LogP contribution in [-0.4, -0.2) is 34.7 Å². The monoisotopic (exact) mass is 512 g/mol. The molecule has 30 heavy (non-hydrogen) atoms. The maximum atomic E-state index is 6.38. The minimum absolute atomic E-state index is 0. The molecule has 1 saturated heterocycles. The zero-order chi connectivity index (χ0) is 20.1. The van der Waals surface area contributed by atoms with E-state index in [1.54, 1.807) is 12.5 Å². The Kier molecular flexibility index (Phi) is 8.20. The number of imidazole rings is 1. The van der Waals surface area contributed by atoms with Crippen LogP contribution in [0.1, 0.15) is 12.0 Å². The van der Waals surface area contributed by atoms with E-state index in [0.29, 0.717) is 19.8 Å². The van der Waals surface area contributed by atoms with Crippen molar-refractivity contribution in [1.82, 2.24) is 9.55 Å². The number of hydrogen-bond acceptors (Lipinski definition) is 4. The summed E-state index contributed by atoms with van der Waals surface area (Å²) in [5, 5.41) is 0.736. The minimum atomic E-state index is -0.714. The van der Waals surface area contributed by atoms with E-state index < -0.39 is 5.79 Å². The second-order valence-electron chi connectivity index (χ2n) is 7.09. The lowest BCUT2D eigenvalue weighted by atomic mass is 10.0. The molecule has 1 fully saturated rings. The van der Waals surface area contributed by atoms with E-state index in [9.17, 15) is 0 Å². The largest absolute Gasteiger partial charge is 0.491 e. The number of aromatic nitrogens is 2. The maximum Gasteiger partial charge on any atom is 0.187 e. The van der Waals surface area contributed by atoms with E-state index in [4.69, 9.17) is 25.8 Å². The average Bonchev–Trinajstić information content (AvgIpc) is 3.38. The van der Waals surface area contributed by atoms with Gasteiger partial charge in [-0.25, -0.2) is 4.98 Å². The van der Waals surface area contributed by atoms with Crippen molar-refractivity contribution < 1.29 is 14.2 Å². The Labute approximate surface area is 195 Å². The van der Waals surface area contributed by atoms with Gasteiger partial charge in [0.1, 0.15) is 18.5 Å². The van der Waals surface area contributed by atoms with Crippen LogP contribution in [0, 0.1) is 0 Å². The van der Waals surface area contributed by atoms with Gasteiger partial charge in [0, 0.05) is 28.3 Å². The summed E-state index contributed by atoms with van der Waals surface area (Å²) in [6, 6.07) is 15.7. The molecule has 2 heterocycles. The Morgan fingerprint density at radius 1 is 1.17 bits per heavy atom. The van der Waals surface area contributed by atoms with E-state index in [2.05, 4.69) is 20.9 Å². The average molecular weight is 514 g/mol. The second kappa shape index (κ2) is 10.6. The van der Waals surface area contributed by atoms with Crippen molar-refractivity contribution in [3.05, 3.63) is 82.3 Å². The molecule has 0 aliphatic carbocycles. The van der Waals surface area contributed by atoms with Crippen molar-refractivity contribution in [1.29, 1.82) is 0 Å². The minimum Gasteiger partial charge on any atom is -0.491 e. The summed E-state index contributed by atoms with van der Waals surface area (Å²) < 4.78 is 21.5. The lowest BCUT2D eigenvalue weighted by molar-refractivity contribution is -0.184. The van der Waals surface area contributed by atoms with Gasteiger partial charge < -0.3 is 18.8 Å². The standard InChI is InChI=1S/C22H22BrClN2O3.ClH/c23-18-3-7-20(8-4-18)27-13-21-14-28-22(29-21,15-26-12-11-25-16-26)10-9-17-1-5-19(24)6-2-17;/h1-8,11-12,16,21H,9-10,13-15H2;1H/t21-,22+;/m0./s1. The Morgan fingerprint density at radius 3 is 2.63 bits per heavy atom. The third kappa shape index (κ3) is 6.22. The van der Waals surface area contributed by atoms with Crippen molar-refractivity contribution >= 4 is 39.9 Å². The highest BCUT2D eigenvalue weighted by molar-refractivity contribution is 9.10. The molecule has 4 rings (SSSR count). The number of ether oxygens (including phenoxy) is 3. The Hall–Kier alpha value is -1.57. The van der Waals surface area contributed by atoms with Gasteiger partial charge in [-0.3, -0.25) is 0 Å². The molecule has 0 amide bonds. The number of nitrogens with zero attached hydrogens (tertiary/aromatic N) is 2. The van der Waals surface area contributed by atoms with Gasteiger partial charge >= 0.3 is 0 Å². The molecule has 2 atom stereocenters. The Balaban J connectivity index is 0.00000256. The first-order chi connectivity index (χ1) is 14.1. The van der Waals surface area contributed by atoms with Gasteiger partial charge in [-0.2, -0.15) is 0 Å². The summed E-state index contributed by atoms with van der Waals surface area (Å²) >= 11 is 9.43. The summed E-state index contributed by atoms with van der Waals surface area (Å²) in [5.74, 6) is 0.0960. The first kappa shape index (κ1) is 23.1. The first-order valence-electron chi connectivity index (χ1n) is 9.51. The van der Waals surface area contributed by atoms with Crippen LogP contribution in [-0.2, 0) is 22.4 Å². The van der Waals surface area contributed by atoms with Gasteiger partial charge in [-0.15, -0.1) is 12.4 Å². The number of benzene rings is 2. The number of aryl methyl sites for hydroxylation is 1. The van der Waals surface area contributed by atoms with E-state index in [1.165, 1.54) is 5.56 Å². The van der Waals surface area contributed by atoms with Crippen LogP contribution in [0.25, 0.3) is 0 Å². The third-order valence-corrected chi connectivity index (χ3v) is 5.63. The quantitative estimate of drug-likeness (QED) is 0.396. The fraction of sp³-hybridized carbons (Fsp3) is 0.318. The lowest BCUT2D eigenvalue weighted by Gasteiger charge is -2.28. The zero-order valence-corrected chi connectivity index (χ0v) is 19.4. The van der Waals surface area contributed by atoms with Crippen molar-refractivity contribution in [2.45, 2.75) is 31.3 Å². The van der Waals surface area contributed by atoms with Crippen LogP contribution in [0.15, 0.2) is 71.7 Å². The van der Waals surface area contributed by atoms with Gasteiger partial charge in [-0.1, -0.05) is 39.7 Å². The molecule has 0 spiro atoms. The summed E-state index contributed by atoms with van der Waals surface area (Å²) in [7, 11) is 0. The Morgan fingerprint density at radius 2 is 1.93 bits per heavy atom. The normalized spacial score (nSPS) is 20.7. The predicted octanol–water partition coefficient (Wildman–Crippen LogP) is 5.54. The highest BCUT2D eigenvalue weighted by Crippen LogP contribution is 2.31. The van der Waals surface area contributed by atoms with Crippen LogP contribution < -0.4 is 4.74 Å². The molecule has 2 aromatic carbocycles. The van der Waals surface area contributed by atoms with E-state index in [0.717, 1.165) is 28.1 Å². The van der Waals surface area contributed by atoms with Crippen molar-refractivity contribution in [3.63, 3.8) is 0 Å². The smallest absolute Gasteiger partial charge is 0.187 e. The van der Waals surface area contributed by atoms with Crippen molar-refractivity contribution in [2.24, 2.45) is 0 Å². The van der Waals surface area contributed by atoms with Crippen LogP contribution in [0.2, 0.25) is 5.02 Å². The fourth-order valence-electron chi connectivity index (χ4n) is 3.36. The van der Waals surface area contributed by atoms with Gasteiger partial charge in [0.05, 0.1) is 19.5 Å². The van der Waals surface area contributed by atoms with Crippen molar-refractivity contribution in [2.75, 3.05) is 13.2 Å². The molecule has 0 unspecified atom stereocenters. The summed E-state index contributed by atoms with van der Waals surface area (Å²) in [6.07, 6.45) is 6.88. The molecule has 0 saturated carbocycles. The molecule has 3 aromatic rings. The van der Waals surface area contributed by atoms with E-state index >= 15 is 0 Å². The SMILES string of the molecule is Cl.Clc1ccc(CC[C@@]2(Cn3ccnc3)OC[C@H](COc3ccc(Br)cc3)O2)cc1. The lowest BCUT2D eigenvalue weighted by Crippen LogP contribution is -2.37.